The van der Waals surface area contributed by atoms with Gasteiger partial charge in [-0.2, -0.15) is 0 Å². The number of benzene rings is 1. The fraction of sp³-hybridized carbons (Fsp3) is 0.273. The van der Waals surface area contributed by atoms with Crippen molar-refractivity contribution in [2.45, 2.75) is 13.0 Å². The zero-order valence-electron chi connectivity index (χ0n) is 7.95. The molecule has 0 fully saturated rings. The number of methoxy groups -OCH3 is 1. The first-order chi connectivity index (χ1) is 6.15. The fourth-order valence-corrected chi connectivity index (χ4v) is 1.05. The maximum Gasteiger partial charge on any atom is 0.118 e. The summed E-state index contributed by atoms with van der Waals surface area (Å²) in [6.07, 6.45) is -0.506. The van der Waals surface area contributed by atoms with E-state index in [4.69, 9.17) is 4.74 Å². The molecule has 1 aromatic carbocycles. The number of rotatable bonds is 3. The molecule has 0 radical (unpaired) electrons. The molecule has 0 saturated carbocycles. The molecule has 0 amide bonds. The molecule has 0 aliphatic rings. The molecule has 0 spiro atoms. The predicted molar refractivity (Wildman–Crippen MR) is 53.7 cm³/mol. The summed E-state index contributed by atoms with van der Waals surface area (Å²) < 4.78 is 5.02. The molecule has 0 saturated heterocycles. The third-order valence-electron chi connectivity index (χ3n) is 1.97. The van der Waals surface area contributed by atoms with Crippen LogP contribution in [0.25, 0.3) is 5.57 Å². The number of hydrogen-bond acceptors (Lipinski definition) is 2. The van der Waals surface area contributed by atoms with Gasteiger partial charge < -0.3 is 9.84 Å². The largest absolute Gasteiger partial charge is 0.497 e. The minimum Gasteiger partial charge on any atom is -0.497 e. The molecular formula is C11H14O2. The predicted octanol–water partition coefficient (Wildman–Crippen LogP) is 2.09. The second-order valence-corrected chi connectivity index (χ2v) is 2.93. The summed E-state index contributed by atoms with van der Waals surface area (Å²) in [4.78, 5) is 0. The molecule has 0 bridgehead atoms. The van der Waals surface area contributed by atoms with Crippen LogP contribution in [0.2, 0.25) is 0 Å². The van der Waals surface area contributed by atoms with Crippen LogP contribution in [0.3, 0.4) is 0 Å². The Hall–Kier alpha value is -1.28. The molecule has 0 heterocycles. The first kappa shape index (κ1) is 9.81. The van der Waals surface area contributed by atoms with E-state index in [1.165, 1.54) is 0 Å². The highest BCUT2D eigenvalue weighted by Crippen LogP contribution is 2.19. The van der Waals surface area contributed by atoms with Crippen molar-refractivity contribution in [1.29, 1.82) is 0 Å². The van der Waals surface area contributed by atoms with Crippen molar-refractivity contribution in [3.63, 3.8) is 0 Å². The Bertz CT molecular complexity index is 285. The minimum absolute atomic E-state index is 0.506. The third kappa shape index (κ3) is 2.33. The number of aliphatic hydroxyl groups is 1. The highest BCUT2D eigenvalue weighted by atomic mass is 16.5. The van der Waals surface area contributed by atoms with Gasteiger partial charge in [0.2, 0.25) is 0 Å². The van der Waals surface area contributed by atoms with Crippen LogP contribution in [0.15, 0.2) is 30.8 Å². The first-order valence-corrected chi connectivity index (χ1v) is 4.16. The zero-order chi connectivity index (χ0) is 9.84. The summed E-state index contributed by atoms with van der Waals surface area (Å²) in [5, 5.41) is 9.27. The molecule has 1 rings (SSSR count). The van der Waals surface area contributed by atoms with Crippen molar-refractivity contribution >= 4 is 5.57 Å². The van der Waals surface area contributed by atoms with Crippen molar-refractivity contribution in [2.75, 3.05) is 7.11 Å². The molecule has 0 aliphatic heterocycles. The molecule has 70 valence electrons. The molecular weight excluding hydrogens is 164 g/mol. The molecule has 1 atom stereocenters. The number of aliphatic hydroxyl groups excluding tert-OH is 1. The molecule has 1 aromatic rings. The standard InChI is InChI=1S/C11H14O2/c1-8(9(2)12)10-4-6-11(13-3)7-5-10/h4-7,9,12H,1H2,2-3H3. The highest BCUT2D eigenvalue weighted by molar-refractivity contribution is 5.66. The van der Waals surface area contributed by atoms with E-state index in [-0.39, 0.29) is 0 Å². The zero-order valence-corrected chi connectivity index (χ0v) is 7.95. The summed E-state index contributed by atoms with van der Waals surface area (Å²) in [7, 11) is 1.62. The van der Waals surface area contributed by atoms with E-state index in [1.54, 1.807) is 14.0 Å². The average Bonchev–Trinajstić information content (AvgIpc) is 2.17. The highest BCUT2D eigenvalue weighted by Gasteiger charge is 2.04. The lowest BCUT2D eigenvalue weighted by Crippen LogP contribution is -2.01. The summed E-state index contributed by atoms with van der Waals surface area (Å²) in [5.74, 6) is 0.808. The molecule has 2 heteroatoms. The maximum absolute atomic E-state index is 9.27. The van der Waals surface area contributed by atoms with Crippen molar-refractivity contribution in [2.24, 2.45) is 0 Å². The van der Waals surface area contributed by atoms with Crippen molar-refractivity contribution < 1.29 is 9.84 Å². The molecule has 0 aromatic heterocycles. The Labute approximate surface area is 78.5 Å². The van der Waals surface area contributed by atoms with E-state index in [2.05, 4.69) is 6.58 Å². The minimum atomic E-state index is -0.506. The lowest BCUT2D eigenvalue weighted by atomic mass is 10.0. The third-order valence-corrected chi connectivity index (χ3v) is 1.97. The van der Waals surface area contributed by atoms with Crippen LogP contribution in [-0.4, -0.2) is 18.3 Å². The van der Waals surface area contributed by atoms with E-state index >= 15 is 0 Å². The monoisotopic (exact) mass is 178 g/mol. The van der Waals surface area contributed by atoms with Gasteiger partial charge >= 0.3 is 0 Å². The van der Waals surface area contributed by atoms with Crippen LogP contribution >= 0.6 is 0 Å². The van der Waals surface area contributed by atoms with Gasteiger partial charge in [-0.25, -0.2) is 0 Å². The summed E-state index contributed by atoms with van der Waals surface area (Å²) >= 11 is 0. The molecule has 0 aliphatic carbocycles. The Morgan fingerprint density at radius 1 is 1.38 bits per heavy atom. The lowest BCUT2D eigenvalue weighted by Gasteiger charge is -2.09. The van der Waals surface area contributed by atoms with Gasteiger partial charge in [0.25, 0.3) is 0 Å². The van der Waals surface area contributed by atoms with Crippen LogP contribution < -0.4 is 4.74 Å². The second-order valence-electron chi connectivity index (χ2n) is 2.93. The average molecular weight is 178 g/mol. The SMILES string of the molecule is C=C(c1ccc(OC)cc1)C(C)O. The molecule has 1 unspecified atom stereocenters. The molecule has 2 nitrogen and oxygen atoms in total. The number of ether oxygens (including phenoxy) is 1. The second kappa shape index (κ2) is 4.10. The maximum atomic E-state index is 9.27. The van der Waals surface area contributed by atoms with Gasteiger partial charge in [0.05, 0.1) is 13.2 Å². The lowest BCUT2D eigenvalue weighted by molar-refractivity contribution is 0.253. The van der Waals surface area contributed by atoms with Gasteiger partial charge in [-0.3, -0.25) is 0 Å². The summed E-state index contributed by atoms with van der Waals surface area (Å²) in [6.45, 7) is 5.49. The van der Waals surface area contributed by atoms with E-state index in [1.807, 2.05) is 24.3 Å². The first-order valence-electron chi connectivity index (χ1n) is 4.16. The van der Waals surface area contributed by atoms with Gasteiger partial charge in [0, 0.05) is 0 Å². The quantitative estimate of drug-likeness (QED) is 0.768. The van der Waals surface area contributed by atoms with Crippen LogP contribution in [0.1, 0.15) is 12.5 Å². The normalized spacial score (nSPS) is 12.2. The van der Waals surface area contributed by atoms with Crippen LogP contribution in [0.5, 0.6) is 5.75 Å². The van der Waals surface area contributed by atoms with Crippen molar-refractivity contribution in [3.8, 4) is 5.75 Å². The van der Waals surface area contributed by atoms with E-state index in [9.17, 15) is 5.11 Å². The van der Waals surface area contributed by atoms with E-state index in [0.717, 1.165) is 16.9 Å². The smallest absolute Gasteiger partial charge is 0.118 e. The van der Waals surface area contributed by atoms with Gasteiger partial charge in [-0.15, -0.1) is 0 Å². The van der Waals surface area contributed by atoms with Crippen LogP contribution in [0.4, 0.5) is 0 Å². The van der Waals surface area contributed by atoms with Crippen LogP contribution in [0, 0.1) is 0 Å². The van der Waals surface area contributed by atoms with Crippen molar-refractivity contribution in [3.05, 3.63) is 36.4 Å². The van der Waals surface area contributed by atoms with Crippen LogP contribution in [-0.2, 0) is 0 Å². The fourth-order valence-electron chi connectivity index (χ4n) is 1.05. The van der Waals surface area contributed by atoms with Crippen molar-refractivity contribution in [1.82, 2.24) is 0 Å². The van der Waals surface area contributed by atoms with Gasteiger partial charge in [0.1, 0.15) is 5.75 Å². The molecule has 13 heavy (non-hydrogen) atoms. The topological polar surface area (TPSA) is 29.5 Å². The molecule has 1 N–H and O–H groups in total. The van der Waals surface area contributed by atoms with Gasteiger partial charge in [-0.05, 0) is 30.2 Å². The Balaban J connectivity index is 2.86. The summed E-state index contributed by atoms with van der Waals surface area (Å²) in [5.41, 5.74) is 1.67. The Morgan fingerprint density at radius 2 is 1.92 bits per heavy atom. The Morgan fingerprint density at radius 3 is 2.31 bits per heavy atom. The summed E-state index contributed by atoms with van der Waals surface area (Å²) in [6, 6.07) is 7.47. The van der Waals surface area contributed by atoms with Gasteiger partial charge in [0.15, 0.2) is 0 Å². The Kier molecular flexibility index (Phi) is 3.09. The van der Waals surface area contributed by atoms with E-state index in [0.29, 0.717) is 0 Å². The number of hydrogen-bond donors (Lipinski definition) is 1. The van der Waals surface area contributed by atoms with Gasteiger partial charge in [-0.1, -0.05) is 18.7 Å². The van der Waals surface area contributed by atoms with E-state index < -0.39 is 6.10 Å².